The van der Waals surface area contributed by atoms with Crippen molar-refractivity contribution in [1.82, 2.24) is 4.90 Å². The Morgan fingerprint density at radius 3 is 2.50 bits per heavy atom. The molecule has 0 saturated heterocycles. The summed E-state index contributed by atoms with van der Waals surface area (Å²) in [6.07, 6.45) is 6.45. The minimum atomic E-state index is -0.847. The van der Waals surface area contributed by atoms with Gasteiger partial charge in [-0.15, -0.1) is 6.58 Å². The molecule has 2 aliphatic carbocycles. The molecular weight excluding hydrogens is 230 g/mol. The first-order valence-corrected chi connectivity index (χ1v) is 6.41. The van der Waals surface area contributed by atoms with Crippen molar-refractivity contribution in [3.8, 4) is 0 Å². The smallest absolute Gasteiger partial charge is 0.307 e. The number of carboxylic acids is 1. The van der Waals surface area contributed by atoms with Gasteiger partial charge in [0.2, 0.25) is 5.91 Å². The molecule has 0 aromatic rings. The standard InChI is InChI=1S/C14H19NO3/c1-3-7-15(4-2)13(16)11-9-5-6-10(8-9)12(11)14(17)18/h3,5-6,9-12H,1,4,7-8H2,2H3,(H,17,18)/t9?,10?,11-,12+/m0/s1. The van der Waals surface area contributed by atoms with Crippen LogP contribution in [-0.4, -0.2) is 35.0 Å². The van der Waals surface area contributed by atoms with Crippen LogP contribution in [-0.2, 0) is 9.59 Å². The van der Waals surface area contributed by atoms with E-state index in [1.54, 1.807) is 11.0 Å². The quantitative estimate of drug-likeness (QED) is 0.752. The van der Waals surface area contributed by atoms with Crippen molar-refractivity contribution in [2.24, 2.45) is 23.7 Å². The van der Waals surface area contributed by atoms with Gasteiger partial charge in [-0.05, 0) is 25.2 Å². The molecule has 1 fully saturated rings. The van der Waals surface area contributed by atoms with E-state index in [4.69, 9.17) is 0 Å². The topological polar surface area (TPSA) is 57.6 Å². The van der Waals surface area contributed by atoms with Crippen LogP contribution in [0, 0.1) is 23.7 Å². The second-order valence-corrected chi connectivity index (χ2v) is 5.00. The molecule has 4 atom stereocenters. The number of carbonyl (C=O) groups is 2. The van der Waals surface area contributed by atoms with E-state index in [0.717, 1.165) is 6.42 Å². The number of allylic oxidation sites excluding steroid dienone is 2. The third kappa shape index (κ3) is 1.96. The highest BCUT2D eigenvalue weighted by molar-refractivity contribution is 5.87. The molecule has 4 nitrogen and oxygen atoms in total. The molecule has 1 N–H and O–H groups in total. The average molecular weight is 249 g/mol. The number of rotatable bonds is 5. The van der Waals surface area contributed by atoms with Crippen LogP contribution in [0.5, 0.6) is 0 Å². The van der Waals surface area contributed by atoms with E-state index in [0.29, 0.717) is 13.1 Å². The van der Waals surface area contributed by atoms with Crippen molar-refractivity contribution in [2.45, 2.75) is 13.3 Å². The molecule has 2 rings (SSSR count). The van der Waals surface area contributed by atoms with Crippen molar-refractivity contribution >= 4 is 11.9 Å². The zero-order valence-corrected chi connectivity index (χ0v) is 10.6. The summed E-state index contributed by atoms with van der Waals surface area (Å²) in [7, 11) is 0. The number of nitrogens with zero attached hydrogens (tertiary/aromatic N) is 1. The Labute approximate surface area is 107 Å². The summed E-state index contributed by atoms with van der Waals surface area (Å²) in [5.41, 5.74) is 0. The van der Waals surface area contributed by atoms with Gasteiger partial charge in [-0.3, -0.25) is 9.59 Å². The maximum atomic E-state index is 12.5. The molecule has 2 unspecified atom stereocenters. The van der Waals surface area contributed by atoms with Gasteiger partial charge in [0.25, 0.3) is 0 Å². The van der Waals surface area contributed by atoms with Crippen LogP contribution < -0.4 is 0 Å². The van der Waals surface area contributed by atoms with Crippen LogP contribution in [0.1, 0.15) is 13.3 Å². The molecule has 4 heteroatoms. The Balaban J connectivity index is 2.20. The van der Waals surface area contributed by atoms with Crippen molar-refractivity contribution in [2.75, 3.05) is 13.1 Å². The van der Waals surface area contributed by atoms with Gasteiger partial charge < -0.3 is 10.0 Å². The molecule has 18 heavy (non-hydrogen) atoms. The molecule has 1 saturated carbocycles. The lowest BCUT2D eigenvalue weighted by molar-refractivity contribution is -0.150. The largest absolute Gasteiger partial charge is 0.481 e. The number of carboxylic acid groups (broad SMARTS) is 1. The molecule has 0 spiro atoms. The lowest BCUT2D eigenvalue weighted by Crippen LogP contribution is -2.42. The fourth-order valence-electron chi connectivity index (χ4n) is 3.24. The number of amides is 1. The number of hydrogen-bond acceptors (Lipinski definition) is 2. The van der Waals surface area contributed by atoms with Crippen LogP contribution in [0.4, 0.5) is 0 Å². The molecule has 98 valence electrons. The van der Waals surface area contributed by atoms with Crippen LogP contribution in [0.3, 0.4) is 0 Å². The van der Waals surface area contributed by atoms with Crippen LogP contribution in [0.25, 0.3) is 0 Å². The van der Waals surface area contributed by atoms with Gasteiger partial charge in [0.15, 0.2) is 0 Å². The maximum absolute atomic E-state index is 12.5. The van der Waals surface area contributed by atoms with E-state index in [1.807, 2.05) is 19.1 Å². The second-order valence-electron chi connectivity index (χ2n) is 5.00. The predicted molar refractivity (Wildman–Crippen MR) is 67.8 cm³/mol. The monoisotopic (exact) mass is 249 g/mol. The molecule has 0 heterocycles. The van der Waals surface area contributed by atoms with E-state index in [2.05, 4.69) is 6.58 Å². The molecule has 0 aromatic heterocycles. The van der Waals surface area contributed by atoms with E-state index in [-0.39, 0.29) is 17.7 Å². The molecule has 2 bridgehead atoms. The zero-order chi connectivity index (χ0) is 13.3. The normalized spacial score (nSPS) is 32.5. The molecule has 0 aliphatic heterocycles. The summed E-state index contributed by atoms with van der Waals surface area (Å²) in [5.74, 6) is -1.70. The Morgan fingerprint density at radius 1 is 1.39 bits per heavy atom. The van der Waals surface area contributed by atoms with E-state index in [9.17, 15) is 14.7 Å². The molecule has 1 amide bonds. The Kier molecular flexibility index (Phi) is 3.55. The van der Waals surface area contributed by atoms with Crippen LogP contribution >= 0.6 is 0 Å². The highest BCUT2D eigenvalue weighted by Crippen LogP contribution is 2.48. The SMILES string of the molecule is C=CCN(CC)C(=O)[C@H]1C2C=CC(C2)[C@H]1C(=O)O. The minimum absolute atomic E-state index is 0.0314. The van der Waals surface area contributed by atoms with Crippen molar-refractivity contribution < 1.29 is 14.7 Å². The lowest BCUT2D eigenvalue weighted by Gasteiger charge is -2.29. The third-order valence-electron chi connectivity index (χ3n) is 4.07. The van der Waals surface area contributed by atoms with Gasteiger partial charge >= 0.3 is 5.97 Å². The summed E-state index contributed by atoms with van der Waals surface area (Å²) in [6.45, 7) is 6.62. The Morgan fingerprint density at radius 2 is 2.00 bits per heavy atom. The average Bonchev–Trinajstić information content (AvgIpc) is 2.94. The van der Waals surface area contributed by atoms with Gasteiger partial charge in [-0.25, -0.2) is 0 Å². The van der Waals surface area contributed by atoms with E-state index in [1.165, 1.54) is 0 Å². The molecule has 0 radical (unpaired) electrons. The maximum Gasteiger partial charge on any atom is 0.307 e. The molecule has 0 aromatic carbocycles. The Bertz CT molecular complexity index is 402. The van der Waals surface area contributed by atoms with Gasteiger partial charge in [-0.2, -0.15) is 0 Å². The van der Waals surface area contributed by atoms with Crippen LogP contribution in [0.15, 0.2) is 24.8 Å². The summed E-state index contributed by atoms with van der Waals surface area (Å²) in [6, 6.07) is 0. The third-order valence-corrected chi connectivity index (χ3v) is 4.07. The highest BCUT2D eigenvalue weighted by Gasteiger charge is 2.52. The number of aliphatic carboxylic acids is 1. The fourth-order valence-corrected chi connectivity index (χ4v) is 3.24. The van der Waals surface area contributed by atoms with Crippen molar-refractivity contribution in [1.29, 1.82) is 0 Å². The fraction of sp³-hybridized carbons (Fsp3) is 0.571. The van der Waals surface area contributed by atoms with Crippen molar-refractivity contribution in [3.05, 3.63) is 24.8 Å². The number of carbonyl (C=O) groups excluding carboxylic acids is 1. The van der Waals surface area contributed by atoms with E-state index < -0.39 is 17.8 Å². The number of hydrogen-bond donors (Lipinski definition) is 1. The summed E-state index contributed by atoms with van der Waals surface area (Å²) in [5, 5.41) is 9.31. The van der Waals surface area contributed by atoms with E-state index >= 15 is 0 Å². The van der Waals surface area contributed by atoms with Gasteiger partial charge in [0, 0.05) is 13.1 Å². The molecular formula is C14H19NO3. The minimum Gasteiger partial charge on any atom is -0.481 e. The first kappa shape index (κ1) is 12.9. The summed E-state index contributed by atoms with van der Waals surface area (Å²) >= 11 is 0. The molecule has 2 aliphatic rings. The summed E-state index contributed by atoms with van der Waals surface area (Å²) in [4.78, 5) is 25.5. The first-order valence-electron chi connectivity index (χ1n) is 6.41. The second kappa shape index (κ2) is 4.96. The zero-order valence-electron chi connectivity index (χ0n) is 10.6. The van der Waals surface area contributed by atoms with Gasteiger partial charge in [0.05, 0.1) is 11.8 Å². The summed E-state index contributed by atoms with van der Waals surface area (Å²) < 4.78 is 0. The Hall–Kier alpha value is -1.58. The van der Waals surface area contributed by atoms with Gasteiger partial charge in [0.1, 0.15) is 0 Å². The number of likely N-dealkylation sites (N-methyl/N-ethyl adjacent to an activating group) is 1. The lowest BCUT2D eigenvalue weighted by atomic mass is 9.82. The predicted octanol–water partition coefficient (Wildman–Crippen LogP) is 1.54. The highest BCUT2D eigenvalue weighted by atomic mass is 16.4. The van der Waals surface area contributed by atoms with Crippen LogP contribution in [0.2, 0.25) is 0 Å². The van der Waals surface area contributed by atoms with Gasteiger partial charge in [-0.1, -0.05) is 18.2 Å². The van der Waals surface area contributed by atoms with Crippen molar-refractivity contribution in [3.63, 3.8) is 0 Å². The first-order chi connectivity index (χ1) is 8.60. The number of fused-ring (bicyclic) bond motifs is 2.